The van der Waals surface area contributed by atoms with E-state index in [0.717, 1.165) is 16.9 Å². The third kappa shape index (κ3) is 3.43. The lowest BCUT2D eigenvalue weighted by atomic mass is 9.82. The molecule has 0 aliphatic heterocycles. The highest BCUT2D eigenvalue weighted by Gasteiger charge is 2.28. The van der Waals surface area contributed by atoms with E-state index in [1.807, 2.05) is 60.7 Å². The second-order valence-corrected chi connectivity index (χ2v) is 5.85. The number of benzene rings is 2. The predicted octanol–water partition coefficient (Wildman–Crippen LogP) is 4.25. The zero-order valence-electron chi connectivity index (χ0n) is 14.2. The van der Waals surface area contributed by atoms with Crippen molar-refractivity contribution in [1.29, 1.82) is 0 Å². The molecular formula is C21H20O4. The number of allylic oxidation sites excluding steroid dienone is 2. The summed E-state index contributed by atoms with van der Waals surface area (Å²) in [7, 11) is 2.95. The number of carbonyl (C=O) groups excluding carboxylic acids is 1. The summed E-state index contributed by atoms with van der Waals surface area (Å²) in [6.07, 6.45) is 2.39. The van der Waals surface area contributed by atoms with Crippen molar-refractivity contribution in [3.63, 3.8) is 0 Å². The van der Waals surface area contributed by atoms with E-state index >= 15 is 0 Å². The Bertz CT molecular complexity index is 817. The summed E-state index contributed by atoms with van der Waals surface area (Å²) in [4.78, 5) is 12.1. The smallest absolute Gasteiger partial charge is 0.337 e. The molecule has 1 unspecified atom stereocenters. The summed E-state index contributed by atoms with van der Waals surface area (Å²) in [5, 5.41) is 10.6. The van der Waals surface area contributed by atoms with Crippen LogP contribution >= 0.6 is 0 Å². The molecular weight excluding hydrogens is 316 g/mol. The van der Waals surface area contributed by atoms with Crippen LogP contribution in [0.2, 0.25) is 0 Å². The molecule has 0 saturated carbocycles. The normalized spacial score (nSPS) is 17.0. The number of aliphatic hydroxyl groups excluding tert-OH is 1. The summed E-state index contributed by atoms with van der Waals surface area (Å²) in [6, 6.07) is 17.3. The fourth-order valence-electron chi connectivity index (χ4n) is 3.04. The third-order valence-electron chi connectivity index (χ3n) is 4.39. The van der Waals surface area contributed by atoms with E-state index < -0.39 is 5.97 Å². The molecule has 0 amide bonds. The Kier molecular flexibility index (Phi) is 4.89. The van der Waals surface area contributed by atoms with Crippen LogP contribution in [0.25, 0.3) is 5.57 Å². The topological polar surface area (TPSA) is 55.8 Å². The molecule has 25 heavy (non-hydrogen) atoms. The van der Waals surface area contributed by atoms with Crippen molar-refractivity contribution in [1.82, 2.24) is 0 Å². The summed E-state index contributed by atoms with van der Waals surface area (Å²) in [5.74, 6) is 0.227. The average molecular weight is 336 g/mol. The van der Waals surface area contributed by atoms with E-state index in [4.69, 9.17) is 9.47 Å². The van der Waals surface area contributed by atoms with Gasteiger partial charge in [-0.2, -0.15) is 0 Å². The summed E-state index contributed by atoms with van der Waals surface area (Å²) >= 11 is 0. The largest absolute Gasteiger partial charge is 0.507 e. The van der Waals surface area contributed by atoms with Crippen LogP contribution in [0.15, 0.2) is 72.0 Å². The molecule has 1 atom stereocenters. The number of esters is 1. The molecule has 2 aromatic carbocycles. The predicted molar refractivity (Wildman–Crippen MR) is 96.4 cm³/mol. The van der Waals surface area contributed by atoms with Crippen LogP contribution in [0, 0.1) is 0 Å². The van der Waals surface area contributed by atoms with E-state index in [1.165, 1.54) is 7.11 Å². The molecule has 1 aliphatic carbocycles. The van der Waals surface area contributed by atoms with E-state index in [1.54, 1.807) is 7.11 Å². The molecule has 3 rings (SSSR count). The van der Waals surface area contributed by atoms with Crippen LogP contribution in [0.4, 0.5) is 0 Å². The van der Waals surface area contributed by atoms with Gasteiger partial charge in [0.25, 0.3) is 0 Å². The van der Waals surface area contributed by atoms with Crippen LogP contribution in [0.1, 0.15) is 23.5 Å². The maximum absolute atomic E-state index is 12.1. The molecule has 0 bridgehead atoms. The Morgan fingerprint density at radius 1 is 1.04 bits per heavy atom. The first-order valence-electron chi connectivity index (χ1n) is 8.06. The van der Waals surface area contributed by atoms with Gasteiger partial charge < -0.3 is 14.6 Å². The standard InChI is InChI=1S/C21H20O4/c1-24-17-10-8-14(9-11-17)16-12-18(15-6-4-3-5-7-15)20(22)19(13-16)21(23)25-2/h3-12,16,22H,13H2,1-2H3. The molecule has 0 spiro atoms. The molecule has 2 aromatic rings. The lowest BCUT2D eigenvalue weighted by Gasteiger charge is -2.24. The van der Waals surface area contributed by atoms with Gasteiger partial charge in [-0.05, 0) is 29.7 Å². The zero-order chi connectivity index (χ0) is 17.8. The van der Waals surface area contributed by atoms with Crippen molar-refractivity contribution >= 4 is 11.5 Å². The Hall–Kier alpha value is -3.01. The second-order valence-electron chi connectivity index (χ2n) is 5.85. The van der Waals surface area contributed by atoms with Crippen LogP contribution < -0.4 is 4.74 Å². The maximum Gasteiger partial charge on any atom is 0.337 e. The van der Waals surface area contributed by atoms with Crippen LogP contribution in [0.5, 0.6) is 5.75 Å². The fourth-order valence-corrected chi connectivity index (χ4v) is 3.04. The van der Waals surface area contributed by atoms with Crippen molar-refractivity contribution in [2.75, 3.05) is 14.2 Å². The molecule has 0 radical (unpaired) electrons. The lowest BCUT2D eigenvalue weighted by Crippen LogP contribution is -2.16. The maximum atomic E-state index is 12.1. The Morgan fingerprint density at radius 2 is 1.72 bits per heavy atom. The van der Waals surface area contributed by atoms with E-state index in [-0.39, 0.29) is 11.7 Å². The fraction of sp³-hybridized carbons (Fsp3) is 0.190. The van der Waals surface area contributed by atoms with E-state index in [0.29, 0.717) is 17.6 Å². The molecule has 4 nitrogen and oxygen atoms in total. The van der Waals surface area contributed by atoms with Crippen molar-refractivity contribution in [3.8, 4) is 5.75 Å². The first-order chi connectivity index (χ1) is 12.1. The van der Waals surface area contributed by atoms with Gasteiger partial charge >= 0.3 is 5.97 Å². The quantitative estimate of drug-likeness (QED) is 0.848. The minimum Gasteiger partial charge on any atom is -0.507 e. The highest BCUT2D eigenvalue weighted by molar-refractivity contribution is 5.95. The highest BCUT2D eigenvalue weighted by atomic mass is 16.5. The first kappa shape index (κ1) is 16.8. The minimum atomic E-state index is -0.502. The molecule has 128 valence electrons. The SMILES string of the molecule is COC(=O)C1=C(O)C(c2ccccc2)=CC(c2ccc(OC)cc2)C1. The van der Waals surface area contributed by atoms with Gasteiger partial charge in [0, 0.05) is 11.5 Å². The Morgan fingerprint density at radius 3 is 2.32 bits per heavy atom. The molecule has 0 fully saturated rings. The van der Waals surface area contributed by atoms with Gasteiger partial charge in [0.2, 0.25) is 0 Å². The minimum absolute atomic E-state index is 0.0113. The van der Waals surface area contributed by atoms with Crippen LogP contribution in [-0.2, 0) is 9.53 Å². The highest BCUT2D eigenvalue weighted by Crippen LogP contribution is 2.39. The number of rotatable bonds is 4. The summed E-state index contributed by atoms with van der Waals surface area (Å²) in [6.45, 7) is 0. The Balaban J connectivity index is 2.05. The van der Waals surface area contributed by atoms with Gasteiger partial charge in [-0.3, -0.25) is 0 Å². The molecule has 4 heteroatoms. The molecule has 0 aromatic heterocycles. The third-order valence-corrected chi connectivity index (χ3v) is 4.39. The lowest BCUT2D eigenvalue weighted by molar-refractivity contribution is -0.136. The molecule has 1 aliphatic rings. The summed E-state index contributed by atoms with van der Waals surface area (Å²) < 4.78 is 10.1. The monoisotopic (exact) mass is 336 g/mol. The number of ether oxygens (including phenoxy) is 2. The number of methoxy groups -OCH3 is 2. The van der Waals surface area contributed by atoms with Gasteiger partial charge in [0.1, 0.15) is 11.5 Å². The van der Waals surface area contributed by atoms with Gasteiger partial charge in [-0.25, -0.2) is 4.79 Å². The number of hydrogen-bond donors (Lipinski definition) is 1. The van der Waals surface area contributed by atoms with Crippen LogP contribution in [-0.4, -0.2) is 25.3 Å². The number of hydrogen-bond acceptors (Lipinski definition) is 4. The van der Waals surface area contributed by atoms with Gasteiger partial charge in [0.05, 0.1) is 19.8 Å². The van der Waals surface area contributed by atoms with E-state index in [2.05, 4.69) is 0 Å². The number of carbonyl (C=O) groups is 1. The van der Waals surface area contributed by atoms with Gasteiger partial charge in [-0.15, -0.1) is 0 Å². The Labute approximate surface area is 147 Å². The summed E-state index contributed by atoms with van der Waals surface area (Å²) in [5.41, 5.74) is 2.85. The molecule has 1 N–H and O–H groups in total. The van der Waals surface area contributed by atoms with Crippen molar-refractivity contribution < 1.29 is 19.4 Å². The van der Waals surface area contributed by atoms with Gasteiger partial charge in [0.15, 0.2) is 0 Å². The molecule has 0 saturated heterocycles. The molecule has 0 heterocycles. The second kappa shape index (κ2) is 7.26. The van der Waals surface area contributed by atoms with Crippen molar-refractivity contribution in [2.45, 2.75) is 12.3 Å². The number of aliphatic hydroxyl groups is 1. The first-order valence-corrected chi connectivity index (χ1v) is 8.06. The van der Waals surface area contributed by atoms with Crippen molar-refractivity contribution in [2.24, 2.45) is 0 Å². The zero-order valence-corrected chi connectivity index (χ0v) is 14.2. The average Bonchev–Trinajstić information content (AvgIpc) is 2.68. The van der Waals surface area contributed by atoms with Crippen LogP contribution in [0.3, 0.4) is 0 Å². The van der Waals surface area contributed by atoms with Gasteiger partial charge in [-0.1, -0.05) is 48.5 Å². The van der Waals surface area contributed by atoms with E-state index in [9.17, 15) is 9.90 Å². The van der Waals surface area contributed by atoms with Crippen molar-refractivity contribution in [3.05, 3.63) is 83.1 Å².